The SMILES string of the molecule is Cn1ncc(OC[C@H]2CCN2)c1-c1ccn2nc(NC(=O)[C@H]3CCN3C(=O)OCc3ccccc3)cc2c1. The Bertz CT molecular complexity index is 1460. The maximum Gasteiger partial charge on any atom is 0.410 e. The maximum absolute atomic E-state index is 12.9. The fourth-order valence-electron chi connectivity index (χ4n) is 4.63. The van der Waals surface area contributed by atoms with Crippen LogP contribution in [0.4, 0.5) is 10.6 Å². The van der Waals surface area contributed by atoms with Crippen molar-refractivity contribution in [2.75, 3.05) is 25.0 Å². The van der Waals surface area contributed by atoms with Crippen LogP contribution < -0.4 is 15.4 Å². The monoisotopic (exact) mass is 515 g/mol. The van der Waals surface area contributed by atoms with E-state index >= 15 is 0 Å². The van der Waals surface area contributed by atoms with E-state index in [-0.39, 0.29) is 12.5 Å². The predicted molar refractivity (Wildman–Crippen MR) is 140 cm³/mol. The summed E-state index contributed by atoms with van der Waals surface area (Å²) in [6, 6.07) is 15.0. The number of fused-ring (bicyclic) bond motifs is 1. The smallest absolute Gasteiger partial charge is 0.410 e. The zero-order valence-corrected chi connectivity index (χ0v) is 21.0. The molecule has 0 unspecified atom stereocenters. The van der Waals surface area contributed by atoms with Crippen LogP contribution in [0.15, 0.2) is 60.9 Å². The van der Waals surface area contributed by atoms with E-state index in [2.05, 4.69) is 20.8 Å². The third kappa shape index (κ3) is 4.80. The van der Waals surface area contributed by atoms with E-state index in [9.17, 15) is 9.59 Å². The number of rotatable bonds is 8. The van der Waals surface area contributed by atoms with Crippen LogP contribution in [0.3, 0.4) is 0 Å². The van der Waals surface area contributed by atoms with E-state index in [1.807, 2.05) is 55.7 Å². The summed E-state index contributed by atoms with van der Waals surface area (Å²) in [4.78, 5) is 26.9. The number of aromatic nitrogens is 4. The standard InChI is InChI=1S/C27H29N7O4/c1-32-25(23(15-29-32)37-17-20-7-10-28-20)19-8-12-34-21(13-19)14-24(31-34)30-26(35)22-9-11-33(22)27(36)38-16-18-5-3-2-4-6-18/h2-6,8,12-15,20,22,28H,7,9-11,16-17H2,1H3,(H,30,31,35)/t20-,22-/m1/s1. The summed E-state index contributed by atoms with van der Waals surface area (Å²) in [5.74, 6) is 0.848. The molecule has 0 radical (unpaired) electrons. The van der Waals surface area contributed by atoms with Gasteiger partial charge in [-0.15, -0.1) is 0 Å². The second-order valence-electron chi connectivity index (χ2n) is 9.57. The number of anilines is 1. The van der Waals surface area contributed by atoms with E-state index in [1.54, 1.807) is 21.5 Å². The van der Waals surface area contributed by atoms with Gasteiger partial charge in [-0.2, -0.15) is 10.2 Å². The number of carbonyl (C=O) groups is 2. The van der Waals surface area contributed by atoms with E-state index in [0.717, 1.165) is 41.1 Å². The molecule has 196 valence electrons. The Morgan fingerprint density at radius 2 is 2.00 bits per heavy atom. The number of amides is 2. The van der Waals surface area contributed by atoms with E-state index in [0.29, 0.717) is 31.4 Å². The van der Waals surface area contributed by atoms with Gasteiger partial charge in [0, 0.05) is 37.5 Å². The summed E-state index contributed by atoms with van der Waals surface area (Å²) in [5.41, 5.74) is 3.50. The van der Waals surface area contributed by atoms with Crippen molar-refractivity contribution in [3.8, 4) is 17.0 Å². The highest BCUT2D eigenvalue weighted by Crippen LogP contribution is 2.31. The Balaban J connectivity index is 1.11. The first kappa shape index (κ1) is 24.0. The van der Waals surface area contributed by atoms with Crippen molar-refractivity contribution in [2.24, 2.45) is 7.05 Å². The molecule has 4 aromatic rings. The van der Waals surface area contributed by atoms with Gasteiger partial charge in [-0.3, -0.25) is 14.4 Å². The number of ether oxygens (including phenoxy) is 2. The first-order valence-electron chi connectivity index (χ1n) is 12.7. The number of nitrogens with one attached hydrogen (secondary N) is 2. The number of carbonyl (C=O) groups excluding carboxylic acids is 2. The van der Waals surface area contributed by atoms with Crippen molar-refractivity contribution in [3.63, 3.8) is 0 Å². The fourth-order valence-corrected chi connectivity index (χ4v) is 4.63. The Labute approximate surface area is 219 Å². The van der Waals surface area contributed by atoms with Gasteiger partial charge in [0.1, 0.15) is 24.9 Å². The minimum Gasteiger partial charge on any atom is -0.488 e. The largest absolute Gasteiger partial charge is 0.488 e. The summed E-state index contributed by atoms with van der Waals surface area (Å²) >= 11 is 0. The van der Waals surface area contributed by atoms with E-state index < -0.39 is 12.1 Å². The summed E-state index contributed by atoms with van der Waals surface area (Å²) in [6.07, 6.45) is 4.75. The van der Waals surface area contributed by atoms with Crippen LogP contribution in [-0.4, -0.2) is 68.1 Å². The molecular weight excluding hydrogens is 486 g/mol. The van der Waals surface area contributed by atoms with Crippen molar-refractivity contribution < 1.29 is 19.1 Å². The summed E-state index contributed by atoms with van der Waals surface area (Å²) in [6.45, 7) is 2.27. The molecule has 1 aromatic carbocycles. The van der Waals surface area contributed by atoms with Crippen LogP contribution in [0.25, 0.3) is 16.8 Å². The number of likely N-dealkylation sites (tertiary alicyclic amines) is 1. The van der Waals surface area contributed by atoms with E-state index in [4.69, 9.17) is 9.47 Å². The molecule has 2 N–H and O–H groups in total. The highest BCUT2D eigenvalue weighted by Gasteiger charge is 2.39. The lowest BCUT2D eigenvalue weighted by molar-refractivity contribution is -0.124. The normalized spacial score (nSPS) is 18.5. The van der Waals surface area contributed by atoms with Crippen molar-refractivity contribution in [1.29, 1.82) is 0 Å². The van der Waals surface area contributed by atoms with Gasteiger partial charge >= 0.3 is 6.09 Å². The molecule has 0 aliphatic carbocycles. The summed E-state index contributed by atoms with van der Waals surface area (Å²) < 4.78 is 14.9. The lowest BCUT2D eigenvalue weighted by atomic mass is 10.0. The molecule has 2 amide bonds. The van der Waals surface area contributed by atoms with Gasteiger partial charge in [0.2, 0.25) is 5.91 Å². The Kier molecular flexibility index (Phi) is 6.42. The zero-order valence-electron chi connectivity index (χ0n) is 21.0. The molecule has 6 rings (SSSR count). The number of hydrogen-bond acceptors (Lipinski definition) is 7. The number of nitrogens with zero attached hydrogens (tertiary/aromatic N) is 5. The number of hydrogen-bond donors (Lipinski definition) is 2. The maximum atomic E-state index is 12.9. The molecule has 0 spiro atoms. The van der Waals surface area contributed by atoms with Crippen LogP contribution in [0.5, 0.6) is 5.75 Å². The average molecular weight is 516 g/mol. The molecule has 3 aromatic heterocycles. The van der Waals surface area contributed by atoms with Crippen LogP contribution in [0.2, 0.25) is 0 Å². The molecule has 2 aliphatic heterocycles. The third-order valence-corrected chi connectivity index (χ3v) is 7.02. The lowest BCUT2D eigenvalue weighted by Gasteiger charge is -2.38. The third-order valence-electron chi connectivity index (χ3n) is 7.02. The van der Waals surface area contributed by atoms with Crippen molar-refractivity contribution in [2.45, 2.75) is 31.5 Å². The molecular formula is C27H29N7O4. The first-order valence-corrected chi connectivity index (χ1v) is 12.7. The van der Waals surface area contributed by atoms with Crippen molar-refractivity contribution in [1.82, 2.24) is 29.6 Å². The van der Waals surface area contributed by atoms with Gasteiger partial charge in [-0.25, -0.2) is 9.31 Å². The van der Waals surface area contributed by atoms with E-state index in [1.165, 1.54) is 4.90 Å². The van der Waals surface area contributed by atoms with Crippen LogP contribution in [0, 0.1) is 0 Å². The molecule has 0 bridgehead atoms. The molecule has 2 atom stereocenters. The minimum atomic E-state index is -0.585. The van der Waals surface area contributed by atoms with Crippen LogP contribution in [0.1, 0.15) is 18.4 Å². The van der Waals surface area contributed by atoms with Crippen LogP contribution in [-0.2, 0) is 23.2 Å². The molecule has 0 saturated carbocycles. The number of pyridine rings is 1. The molecule has 38 heavy (non-hydrogen) atoms. The lowest BCUT2D eigenvalue weighted by Crippen LogP contribution is -2.56. The van der Waals surface area contributed by atoms with Gasteiger partial charge in [-0.05, 0) is 37.1 Å². The highest BCUT2D eigenvalue weighted by molar-refractivity contribution is 5.97. The van der Waals surface area contributed by atoms with Gasteiger partial charge < -0.3 is 20.1 Å². The Morgan fingerprint density at radius 3 is 2.74 bits per heavy atom. The number of aryl methyl sites for hydroxylation is 1. The second-order valence-corrected chi connectivity index (χ2v) is 9.57. The predicted octanol–water partition coefficient (Wildman–Crippen LogP) is 2.83. The highest BCUT2D eigenvalue weighted by atomic mass is 16.6. The number of benzene rings is 1. The molecule has 2 saturated heterocycles. The molecule has 5 heterocycles. The molecule has 2 fully saturated rings. The first-order chi connectivity index (χ1) is 18.5. The zero-order chi connectivity index (χ0) is 26.1. The minimum absolute atomic E-state index is 0.167. The molecule has 2 aliphatic rings. The Hall–Kier alpha value is -4.38. The summed E-state index contributed by atoms with van der Waals surface area (Å²) in [7, 11) is 1.88. The topological polar surface area (TPSA) is 115 Å². The van der Waals surface area contributed by atoms with Gasteiger partial charge in [0.25, 0.3) is 0 Å². The van der Waals surface area contributed by atoms with Crippen molar-refractivity contribution >= 4 is 23.3 Å². The summed E-state index contributed by atoms with van der Waals surface area (Å²) in [5, 5.41) is 15.0. The van der Waals surface area contributed by atoms with Crippen LogP contribution >= 0.6 is 0 Å². The molecule has 11 nitrogen and oxygen atoms in total. The average Bonchev–Trinajstić information content (AvgIpc) is 3.43. The van der Waals surface area contributed by atoms with Gasteiger partial charge in [0.15, 0.2) is 11.6 Å². The fraction of sp³-hybridized carbons (Fsp3) is 0.333. The molecule has 11 heteroatoms. The van der Waals surface area contributed by atoms with Gasteiger partial charge in [0.05, 0.1) is 11.7 Å². The Morgan fingerprint density at radius 1 is 1.16 bits per heavy atom. The quantitative estimate of drug-likeness (QED) is 0.371. The van der Waals surface area contributed by atoms with Crippen molar-refractivity contribution in [3.05, 3.63) is 66.5 Å². The second kappa shape index (κ2) is 10.2. The van der Waals surface area contributed by atoms with Gasteiger partial charge in [-0.1, -0.05) is 30.3 Å².